The second kappa shape index (κ2) is 5.12. The van der Waals surface area contributed by atoms with Crippen LogP contribution in [-0.2, 0) is 6.61 Å². The Kier molecular flexibility index (Phi) is 3.35. The summed E-state index contributed by atoms with van der Waals surface area (Å²) in [5, 5.41) is 7.24. The van der Waals surface area contributed by atoms with Gasteiger partial charge < -0.3 is 10.5 Å². The number of ether oxygens (including phenoxy) is 1. The summed E-state index contributed by atoms with van der Waals surface area (Å²) in [5.74, 6) is 0.533. The predicted octanol–water partition coefficient (Wildman–Crippen LogP) is 1.94. The van der Waals surface area contributed by atoms with Crippen LogP contribution in [0.3, 0.4) is 0 Å². The highest BCUT2D eigenvalue weighted by Gasteiger charge is 1.99. The van der Waals surface area contributed by atoms with Crippen molar-refractivity contribution in [2.75, 3.05) is 0 Å². The van der Waals surface area contributed by atoms with E-state index in [0.717, 1.165) is 5.56 Å². The summed E-state index contributed by atoms with van der Waals surface area (Å²) >= 11 is 0. The van der Waals surface area contributed by atoms with Gasteiger partial charge in [0.25, 0.3) is 0 Å². The molecule has 4 heteroatoms. The summed E-state index contributed by atoms with van der Waals surface area (Å²) in [4.78, 5) is 4.07. The molecular weight excluding hydrogens is 214 g/mol. The van der Waals surface area contributed by atoms with E-state index < -0.39 is 0 Å². The Labute approximate surface area is 99.6 Å². The number of hydrogen-bond acceptors (Lipinski definition) is 3. The number of nitrogens with one attached hydrogen (secondary N) is 1. The molecule has 0 aliphatic rings. The molecule has 1 aromatic heterocycles. The number of amidine groups is 1. The summed E-state index contributed by atoms with van der Waals surface area (Å²) in [6.07, 6.45) is 1.53. The number of nitrogens with zero attached hydrogens (tertiary/aromatic N) is 1. The molecule has 0 spiro atoms. The quantitative estimate of drug-likeness (QED) is 0.619. The molecule has 0 atom stereocenters. The van der Waals surface area contributed by atoms with E-state index in [0.29, 0.717) is 18.1 Å². The van der Waals surface area contributed by atoms with E-state index >= 15 is 0 Å². The number of nitrogens with two attached hydrogens (primary N) is 1. The maximum Gasteiger partial charge on any atom is 0.213 e. The Morgan fingerprint density at radius 1 is 1.18 bits per heavy atom. The topological polar surface area (TPSA) is 72.0 Å². The fourth-order valence-electron chi connectivity index (χ4n) is 1.36. The Balaban J connectivity index is 1.98. The van der Waals surface area contributed by atoms with Crippen LogP contribution in [0.4, 0.5) is 0 Å². The lowest BCUT2D eigenvalue weighted by Crippen LogP contribution is -2.11. The Bertz CT molecular complexity index is 494. The molecule has 0 radical (unpaired) electrons. The van der Waals surface area contributed by atoms with Crippen molar-refractivity contribution in [1.29, 1.82) is 5.41 Å². The summed E-state index contributed by atoms with van der Waals surface area (Å²) in [7, 11) is 0. The fraction of sp³-hybridized carbons (Fsp3) is 0.0769. The van der Waals surface area contributed by atoms with Crippen molar-refractivity contribution >= 4 is 5.84 Å². The van der Waals surface area contributed by atoms with Crippen molar-refractivity contribution in [2.45, 2.75) is 6.61 Å². The molecule has 2 aromatic rings. The molecule has 0 aliphatic heterocycles. The van der Waals surface area contributed by atoms with Crippen molar-refractivity contribution in [2.24, 2.45) is 5.73 Å². The van der Waals surface area contributed by atoms with Gasteiger partial charge in [-0.3, -0.25) is 5.41 Å². The first-order valence-electron chi connectivity index (χ1n) is 5.23. The molecule has 0 bridgehead atoms. The summed E-state index contributed by atoms with van der Waals surface area (Å²) in [6, 6.07) is 13.3. The van der Waals surface area contributed by atoms with Gasteiger partial charge >= 0.3 is 0 Å². The zero-order valence-electron chi connectivity index (χ0n) is 9.26. The van der Waals surface area contributed by atoms with Gasteiger partial charge in [-0.05, 0) is 11.6 Å². The highest BCUT2D eigenvalue weighted by Crippen LogP contribution is 2.09. The van der Waals surface area contributed by atoms with Crippen LogP contribution in [0.1, 0.15) is 11.1 Å². The zero-order valence-corrected chi connectivity index (χ0v) is 9.26. The third-order valence-electron chi connectivity index (χ3n) is 2.28. The van der Waals surface area contributed by atoms with Gasteiger partial charge in [0.15, 0.2) is 0 Å². The average Bonchev–Trinajstić information content (AvgIpc) is 2.38. The first-order chi connectivity index (χ1) is 8.25. The SMILES string of the molecule is N=C(N)c1ccc(OCc2ccccc2)nc1. The van der Waals surface area contributed by atoms with E-state index in [2.05, 4.69) is 4.98 Å². The molecule has 0 saturated heterocycles. The van der Waals surface area contributed by atoms with Gasteiger partial charge in [0, 0.05) is 17.8 Å². The number of aromatic nitrogens is 1. The lowest BCUT2D eigenvalue weighted by atomic mass is 10.2. The normalized spacial score (nSPS) is 9.88. The zero-order chi connectivity index (χ0) is 12.1. The smallest absolute Gasteiger partial charge is 0.213 e. The van der Waals surface area contributed by atoms with Crippen molar-refractivity contribution in [3.05, 3.63) is 59.8 Å². The van der Waals surface area contributed by atoms with Gasteiger partial charge in [-0.15, -0.1) is 0 Å². The van der Waals surface area contributed by atoms with Crippen LogP contribution >= 0.6 is 0 Å². The molecular formula is C13H13N3O. The second-order valence-electron chi connectivity index (χ2n) is 3.57. The van der Waals surface area contributed by atoms with Crippen LogP contribution in [-0.4, -0.2) is 10.8 Å². The largest absolute Gasteiger partial charge is 0.473 e. The number of pyridine rings is 1. The molecule has 0 unspecified atom stereocenters. The van der Waals surface area contributed by atoms with Crippen molar-refractivity contribution in [3.8, 4) is 5.88 Å². The van der Waals surface area contributed by atoms with Crippen LogP contribution in [0.2, 0.25) is 0 Å². The molecule has 17 heavy (non-hydrogen) atoms. The number of rotatable bonds is 4. The summed E-state index contributed by atoms with van der Waals surface area (Å²) in [6.45, 7) is 0.479. The van der Waals surface area contributed by atoms with E-state index in [9.17, 15) is 0 Å². The molecule has 1 aromatic carbocycles. The lowest BCUT2D eigenvalue weighted by Gasteiger charge is -2.05. The number of benzene rings is 1. The maximum atomic E-state index is 7.24. The number of hydrogen-bond donors (Lipinski definition) is 2. The molecule has 0 fully saturated rings. The first-order valence-corrected chi connectivity index (χ1v) is 5.23. The van der Waals surface area contributed by atoms with Crippen LogP contribution in [0.5, 0.6) is 5.88 Å². The van der Waals surface area contributed by atoms with E-state index in [1.165, 1.54) is 6.20 Å². The molecule has 0 amide bonds. The highest BCUT2D eigenvalue weighted by atomic mass is 16.5. The van der Waals surface area contributed by atoms with Gasteiger partial charge in [-0.1, -0.05) is 30.3 Å². The van der Waals surface area contributed by atoms with Crippen LogP contribution in [0.15, 0.2) is 48.7 Å². The van der Waals surface area contributed by atoms with Crippen LogP contribution in [0.25, 0.3) is 0 Å². The lowest BCUT2D eigenvalue weighted by molar-refractivity contribution is 0.294. The van der Waals surface area contributed by atoms with Gasteiger partial charge in [0.1, 0.15) is 12.4 Å². The van der Waals surface area contributed by atoms with E-state index in [1.54, 1.807) is 12.1 Å². The first kappa shape index (κ1) is 11.1. The molecule has 86 valence electrons. The molecule has 3 N–H and O–H groups in total. The highest BCUT2D eigenvalue weighted by molar-refractivity contribution is 5.94. The van der Waals surface area contributed by atoms with Gasteiger partial charge in [0.2, 0.25) is 5.88 Å². The fourth-order valence-corrected chi connectivity index (χ4v) is 1.36. The molecule has 0 saturated carbocycles. The summed E-state index contributed by atoms with van der Waals surface area (Å²) in [5.41, 5.74) is 7.01. The summed E-state index contributed by atoms with van der Waals surface area (Å²) < 4.78 is 5.50. The molecule has 2 rings (SSSR count). The Hall–Kier alpha value is -2.36. The molecule has 0 aliphatic carbocycles. The maximum absolute atomic E-state index is 7.24. The second-order valence-corrected chi connectivity index (χ2v) is 3.57. The average molecular weight is 227 g/mol. The third-order valence-corrected chi connectivity index (χ3v) is 2.28. The molecule has 4 nitrogen and oxygen atoms in total. The van der Waals surface area contributed by atoms with Crippen molar-refractivity contribution in [1.82, 2.24) is 4.98 Å². The standard InChI is InChI=1S/C13H13N3O/c14-13(15)11-6-7-12(16-8-11)17-9-10-4-2-1-3-5-10/h1-8H,9H2,(H3,14,15). The number of nitrogen functional groups attached to an aromatic ring is 1. The minimum absolute atomic E-state index is 0.00658. The van der Waals surface area contributed by atoms with Gasteiger partial charge in [0.05, 0.1) is 0 Å². The minimum Gasteiger partial charge on any atom is -0.473 e. The predicted molar refractivity (Wildman–Crippen MR) is 66.0 cm³/mol. The minimum atomic E-state index is 0.00658. The monoisotopic (exact) mass is 227 g/mol. The third kappa shape index (κ3) is 3.04. The van der Waals surface area contributed by atoms with Crippen LogP contribution < -0.4 is 10.5 Å². The van der Waals surface area contributed by atoms with Crippen molar-refractivity contribution < 1.29 is 4.74 Å². The van der Waals surface area contributed by atoms with Gasteiger partial charge in [-0.25, -0.2) is 4.98 Å². The van der Waals surface area contributed by atoms with Crippen LogP contribution in [0, 0.1) is 5.41 Å². The Morgan fingerprint density at radius 2 is 1.94 bits per heavy atom. The van der Waals surface area contributed by atoms with E-state index in [1.807, 2.05) is 30.3 Å². The van der Waals surface area contributed by atoms with E-state index in [4.69, 9.17) is 15.9 Å². The molecule has 1 heterocycles. The van der Waals surface area contributed by atoms with Crippen molar-refractivity contribution in [3.63, 3.8) is 0 Å². The Morgan fingerprint density at radius 3 is 2.53 bits per heavy atom. The van der Waals surface area contributed by atoms with Gasteiger partial charge in [-0.2, -0.15) is 0 Å². The van der Waals surface area contributed by atoms with E-state index in [-0.39, 0.29) is 5.84 Å².